The lowest BCUT2D eigenvalue weighted by Crippen LogP contribution is -2.47. The third kappa shape index (κ3) is 4.09. The molecular formula is C27H32N8O. The van der Waals surface area contributed by atoms with Crippen LogP contribution in [0.25, 0.3) is 28.3 Å². The van der Waals surface area contributed by atoms with E-state index in [2.05, 4.69) is 80.7 Å². The van der Waals surface area contributed by atoms with E-state index in [-0.39, 0.29) is 5.41 Å². The minimum Gasteiger partial charge on any atom is -0.461 e. The monoisotopic (exact) mass is 484 g/mol. The summed E-state index contributed by atoms with van der Waals surface area (Å²) in [4.78, 5) is 14.3. The fourth-order valence-corrected chi connectivity index (χ4v) is 4.91. The van der Waals surface area contributed by atoms with E-state index in [1.165, 1.54) is 11.3 Å². The van der Waals surface area contributed by atoms with Crippen LogP contribution >= 0.6 is 0 Å². The molecule has 0 saturated carbocycles. The van der Waals surface area contributed by atoms with Gasteiger partial charge in [-0.1, -0.05) is 32.9 Å². The average Bonchev–Trinajstić information content (AvgIpc) is 3.62. The van der Waals surface area contributed by atoms with Gasteiger partial charge >= 0.3 is 0 Å². The van der Waals surface area contributed by atoms with Crippen LogP contribution < -0.4 is 10.6 Å². The quantitative estimate of drug-likeness (QED) is 0.402. The molecule has 4 aromatic heterocycles. The largest absolute Gasteiger partial charge is 0.461 e. The number of fused-ring (bicyclic) bond motifs is 3. The number of hydrogen-bond donors (Lipinski definition) is 1. The lowest BCUT2D eigenvalue weighted by atomic mass is 9.87. The second-order valence-electron chi connectivity index (χ2n) is 10.5. The molecule has 0 spiro atoms. The first-order valence-corrected chi connectivity index (χ1v) is 12.5. The van der Waals surface area contributed by atoms with Gasteiger partial charge in [-0.2, -0.15) is 9.50 Å². The maximum absolute atomic E-state index is 6.25. The summed E-state index contributed by atoms with van der Waals surface area (Å²) in [5, 5.41) is 5.41. The zero-order valence-electron chi connectivity index (χ0n) is 21.1. The topological polar surface area (TPSA) is 93.7 Å². The fraction of sp³-hybridized carbons (Fsp3) is 0.370. The second-order valence-corrected chi connectivity index (χ2v) is 10.5. The van der Waals surface area contributed by atoms with E-state index in [1.807, 2.05) is 18.2 Å². The van der Waals surface area contributed by atoms with E-state index in [0.717, 1.165) is 50.3 Å². The Hall–Kier alpha value is -3.85. The Bertz CT molecular complexity index is 1480. The summed E-state index contributed by atoms with van der Waals surface area (Å²) >= 11 is 0. The number of piperazine rings is 1. The molecule has 36 heavy (non-hydrogen) atoms. The Kier molecular flexibility index (Phi) is 5.44. The molecule has 9 nitrogen and oxygen atoms in total. The lowest BCUT2D eigenvalue weighted by Gasteiger charge is -2.36. The van der Waals surface area contributed by atoms with Gasteiger partial charge < -0.3 is 19.6 Å². The molecule has 5 aromatic rings. The molecule has 0 aliphatic carbocycles. The molecule has 1 aliphatic rings. The molecule has 186 valence electrons. The maximum Gasteiger partial charge on any atom is 0.225 e. The van der Waals surface area contributed by atoms with Gasteiger partial charge in [0.15, 0.2) is 11.4 Å². The number of rotatable bonds is 5. The molecule has 0 unspecified atom stereocenters. The smallest absolute Gasteiger partial charge is 0.225 e. The van der Waals surface area contributed by atoms with Crippen LogP contribution in [0.2, 0.25) is 0 Å². The van der Waals surface area contributed by atoms with Crippen LogP contribution in [0.4, 0.5) is 11.6 Å². The van der Waals surface area contributed by atoms with Crippen molar-refractivity contribution in [1.82, 2.24) is 29.0 Å². The molecular weight excluding hydrogens is 452 g/mol. The first kappa shape index (κ1) is 22.6. The summed E-state index contributed by atoms with van der Waals surface area (Å²) in [6, 6.07) is 14.8. The Labute approximate surface area is 210 Å². The van der Waals surface area contributed by atoms with Crippen LogP contribution in [0.15, 0.2) is 59.3 Å². The highest BCUT2D eigenvalue weighted by atomic mass is 16.3. The summed E-state index contributed by atoms with van der Waals surface area (Å²) in [6.07, 6.45) is 3.67. The van der Waals surface area contributed by atoms with Crippen molar-refractivity contribution in [2.24, 2.45) is 0 Å². The minimum absolute atomic E-state index is 0.182. The molecule has 0 atom stereocenters. The Morgan fingerprint density at radius 3 is 2.39 bits per heavy atom. The van der Waals surface area contributed by atoms with Crippen molar-refractivity contribution in [2.45, 2.75) is 32.7 Å². The standard InChI is InChI=1S/C27H32N8O/c1-27(2,3)19-6-8-20(9-7-19)33-15-12-32(13-16-33)14-17-34-11-10-21-24(34)30-26(28)35-25(21)29-23(31-35)22-5-4-18-36-22/h4-11,18H,12-17H2,1-3H3,(H2,28,30). The van der Waals surface area contributed by atoms with Crippen molar-refractivity contribution in [3.63, 3.8) is 0 Å². The molecule has 0 amide bonds. The van der Waals surface area contributed by atoms with Crippen molar-refractivity contribution in [3.05, 3.63) is 60.5 Å². The first-order valence-electron chi connectivity index (χ1n) is 12.5. The van der Waals surface area contributed by atoms with Gasteiger partial charge in [-0.25, -0.2) is 4.98 Å². The van der Waals surface area contributed by atoms with Crippen LogP contribution in [0, 0.1) is 0 Å². The van der Waals surface area contributed by atoms with Crippen molar-refractivity contribution >= 4 is 28.3 Å². The van der Waals surface area contributed by atoms with Crippen molar-refractivity contribution < 1.29 is 4.42 Å². The molecule has 2 N–H and O–H groups in total. The predicted molar refractivity (Wildman–Crippen MR) is 142 cm³/mol. The van der Waals surface area contributed by atoms with Gasteiger partial charge in [-0.15, -0.1) is 5.10 Å². The number of benzene rings is 1. The van der Waals surface area contributed by atoms with Gasteiger partial charge in [0.1, 0.15) is 5.65 Å². The molecule has 1 aromatic carbocycles. The maximum atomic E-state index is 6.25. The third-order valence-electron chi connectivity index (χ3n) is 7.09. The summed E-state index contributed by atoms with van der Waals surface area (Å²) in [7, 11) is 0. The summed E-state index contributed by atoms with van der Waals surface area (Å²) in [6.45, 7) is 12.7. The Morgan fingerprint density at radius 2 is 1.69 bits per heavy atom. The molecule has 1 saturated heterocycles. The zero-order chi connectivity index (χ0) is 24.9. The number of nitrogens with zero attached hydrogens (tertiary/aromatic N) is 7. The fourth-order valence-electron chi connectivity index (χ4n) is 4.91. The van der Waals surface area contributed by atoms with Crippen molar-refractivity contribution in [2.75, 3.05) is 43.4 Å². The van der Waals surface area contributed by atoms with Crippen molar-refractivity contribution in [3.8, 4) is 11.6 Å². The molecule has 6 rings (SSSR count). The van der Waals surface area contributed by atoms with E-state index < -0.39 is 0 Å². The zero-order valence-corrected chi connectivity index (χ0v) is 21.1. The summed E-state index contributed by atoms with van der Waals surface area (Å²) in [5.41, 5.74) is 10.6. The molecule has 1 fully saturated rings. The SMILES string of the molecule is CC(C)(C)c1ccc(N2CCN(CCn3ccc4c3nc(N)n3nc(-c5ccco5)nc43)CC2)cc1. The second kappa shape index (κ2) is 8.67. The van der Waals surface area contributed by atoms with Crippen molar-refractivity contribution in [1.29, 1.82) is 0 Å². The van der Waals surface area contributed by atoms with Gasteiger partial charge in [0.05, 0.1) is 11.6 Å². The van der Waals surface area contributed by atoms with Gasteiger partial charge in [-0.05, 0) is 41.3 Å². The van der Waals surface area contributed by atoms with Gasteiger partial charge in [-0.3, -0.25) is 4.90 Å². The normalized spacial score (nSPS) is 15.4. The Balaban J connectivity index is 1.13. The Morgan fingerprint density at radius 1 is 0.917 bits per heavy atom. The molecule has 5 heterocycles. The molecule has 9 heteroatoms. The minimum atomic E-state index is 0.182. The number of hydrogen-bond acceptors (Lipinski definition) is 7. The summed E-state index contributed by atoms with van der Waals surface area (Å²) < 4.78 is 9.19. The number of aromatic nitrogens is 5. The number of nitrogens with two attached hydrogens (primary N) is 1. The van der Waals surface area contributed by atoms with Gasteiger partial charge in [0, 0.05) is 51.2 Å². The van der Waals surface area contributed by atoms with Crippen LogP contribution in [0.3, 0.4) is 0 Å². The van der Waals surface area contributed by atoms with Crippen LogP contribution in [0.5, 0.6) is 0 Å². The van der Waals surface area contributed by atoms with Gasteiger partial charge in [0.25, 0.3) is 0 Å². The van der Waals surface area contributed by atoms with E-state index in [0.29, 0.717) is 23.2 Å². The number of furan rings is 1. The highest BCUT2D eigenvalue weighted by Gasteiger charge is 2.20. The summed E-state index contributed by atoms with van der Waals surface area (Å²) in [5.74, 6) is 1.42. The first-order chi connectivity index (χ1) is 17.4. The number of anilines is 2. The average molecular weight is 485 g/mol. The van der Waals surface area contributed by atoms with Crippen LogP contribution in [0.1, 0.15) is 26.3 Å². The third-order valence-corrected chi connectivity index (χ3v) is 7.09. The predicted octanol–water partition coefficient (Wildman–Crippen LogP) is 4.04. The van der Waals surface area contributed by atoms with Crippen LogP contribution in [-0.4, -0.2) is 61.8 Å². The van der Waals surface area contributed by atoms with E-state index >= 15 is 0 Å². The van der Waals surface area contributed by atoms with Gasteiger partial charge in [0.2, 0.25) is 11.8 Å². The van der Waals surface area contributed by atoms with E-state index in [1.54, 1.807) is 10.8 Å². The lowest BCUT2D eigenvalue weighted by molar-refractivity contribution is 0.249. The number of nitrogen functional groups attached to an aromatic ring is 1. The van der Waals surface area contributed by atoms with E-state index in [9.17, 15) is 0 Å². The van der Waals surface area contributed by atoms with E-state index in [4.69, 9.17) is 10.2 Å². The molecule has 0 bridgehead atoms. The highest BCUT2D eigenvalue weighted by Crippen LogP contribution is 2.26. The van der Waals surface area contributed by atoms with Crippen LogP contribution in [-0.2, 0) is 12.0 Å². The molecule has 0 radical (unpaired) electrons. The highest BCUT2D eigenvalue weighted by molar-refractivity contribution is 5.91. The molecule has 1 aliphatic heterocycles.